The smallest absolute Gasteiger partial charge is 0.220 e. The van der Waals surface area contributed by atoms with Crippen molar-refractivity contribution in [3.63, 3.8) is 0 Å². The summed E-state index contributed by atoms with van der Waals surface area (Å²) in [7, 11) is 0. The van der Waals surface area contributed by atoms with E-state index < -0.39 is 5.60 Å². The fourth-order valence-electron chi connectivity index (χ4n) is 1.61. The van der Waals surface area contributed by atoms with Gasteiger partial charge < -0.3 is 9.47 Å². The molecule has 0 spiro atoms. The Hall–Kier alpha value is -0.430. The van der Waals surface area contributed by atoms with E-state index in [2.05, 4.69) is 9.97 Å². The van der Waals surface area contributed by atoms with Crippen molar-refractivity contribution < 1.29 is 9.47 Å². The maximum absolute atomic E-state index is 5.87. The number of hydrogen-bond acceptors (Lipinski definition) is 6. The molecule has 0 saturated carbocycles. The number of thiocarbonyl (C=S) groups is 1. The molecular formula is C10H11ClN2O2S2. The summed E-state index contributed by atoms with van der Waals surface area (Å²) < 4.78 is 11.6. The van der Waals surface area contributed by atoms with Crippen LogP contribution in [0.3, 0.4) is 0 Å². The maximum atomic E-state index is 5.87. The molecule has 1 aromatic heterocycles. The molecule has 0 radical (unpaired) electrons. The van der Waals surface area contributed by atoms with Crippen LogP contribution in [0, 0.1) is 0 Å². The van der Waals surface area contributed by atoms with Gasteiger partial charge in [-0.2, -0.15) is 0 Å². The molecule has 1 aliphatic heterocycles. The standard InChI is InChI=1S/C10H11ClN2O2S2/c1-17-9(16)15-10(3-5-14-6-10)8-12-4-2-7(11)13-8/h2,4H,3,5-6H2,1H3. The minimum atomic E-state index is -0.689. The van der Waals surface area contributed by atoms with Crippen LogP contribution in [-0.2, 0) is 15.1 Å². The molecule has 92 valence electrons. The van der Waals surface area contributed by atoms with Gasteiger partial charge in [0.15, 0.2) is 11.4 Å². The van der Waals surface area contributed by atoms with Crippen LogP contribution in [0.15, 0.2) is 12.3 Å². The molecule has 2 heterocycles. The highest BCUT2D eigenvalue weighted by Gasteiger charge is 2.42. The predicted octanol–water partition coefficient (Wildman–Crippen LogP) is 2.41. The zero-order valence-corrected chi connectivity index (χ0v) is 11.6. The van der Waals surface area contributed by atoms with Gasteiger partial charge in [-0.3, -0.25) is 0 Å². The van der Waals surface area contributed by atoms with Crippen LogP contribution in [0.2, 0.25) is 5.15 Å². The number of rotatable bonds is 2. The van der Waals surface area contributed by atoms with Crippen LogP contribution in [0.25, 0.3) is 0 Å². The van der Waals surface area contributed by atoms with E-state index in [1.807, 2.05) is 6.26 Å². The lowest BCUT2D eigenvalue weighted by Crippen LogP contribution is -2.33. The number of halogens is 1. The SMILES string of the molecule is CSC(=S)OC1(c2nccc(Cl)n2)CCOC1. The average Bonchev–Trinajstić information content (AvgIpc) is 2.79. The lowest BCUT2D eigenvalue weighted by atomic mass is 10.0. The first-order valence-corrected chi connectivity index (χ1v) is 7.01. The normalized spacial score (nSPS) is 23.6. The molecule has 1 saturated heterocycles. The summed E-state index contributed by atoms with van der Waals surface area (Å²) >= 11 is 12.3. The molecule has 0 aliphatic carbocycles. The summed E-state index contributed by atoms with van der Waals surface area (Å²) in [6, 6.07) is 1.63. The number of nitrogens with zero attached hydrogens (tertiary/aromatic N) is 2. The topological polar surface area (TPSA) is 44.2 Å². The molecule has 1 fully saturated rings. The van der Waals surface area contributed by atoms with Crippen LogP contribution >= 0.6 is 35.6 Å². The Kier molecular flexibility index (Phi) is 4.19. The highest BCUT2D eigenvalue weighted by atomic mass is 35.5. The van der Waals surface area contributed by atoms with Crippen molar-refractivity contribution in [2.24, 2.45) is 0 Å². The third kappa shape index (κ3) is 2.88. The minimum Gasteiger partial charge on any atom is -0.461 e. The fourth-order valence-corrected chi connectivity index (χ4v) is 2.14. The molecule has 4 nitrogen and oxygen atoms in total. The second-order valence-electron chi connectivity index (χ2n) is 3.56. The van der Waals surface area contributed by atoms with Gasteiger partial charge in [0.1, 0.15) is 5.15 Å². The average molecular weight is 291 g/mol. The van der Waals surface area contributed by atoms with Crippen molar-refractivity contribution in [3.05, 3.63) is 23.2 Å². The van der Waals surface area contributed by atoms with Crippen LogP contribution in [-0.4, -0.2) is 33.8 Å². The van der Waals surface area contributed by atoms with Gasteiger partial charge in [0, 0.05) is 12.6 Å². The first kappa shape index (κ1) is 13.0. The largest absolute Gasteiger partial charge is 0.461 e. The van der Waals surface area contributed by atoms with E-state index in [1.54, 1.807) is 12.3 Å². The van der Waals surface area contributed by atoms with Gasteiger partial charge in [-0.1, -0.05) is 23.4 Å². The van der Waals surface area contributed by atoms with E-state index in [4.69, 9.17) is 33.3 Å². The molecule has 0 bridgehead atoms. The molecule has 1 unspecified atom stereocenters. The van der Waals surface area contributed by atoms with Crippen molar-refractivity contribution in [1.29, 1.82) is 0 Å². The van der Waals surface area contributed by atoms with E-state index in [9.17, 15) is 0 Å². The van der Waals surface area contributed by atoms with Gasteiger partial charge in [0.25, 0.3) is 0 Å². The van der Waals surface area contributed by atoms with Gasteiger partial charge in [0.05, 0.1) is 13.2 Å². The van der Waals surface area contributed by atoms with Crippen LogP contribution < -0.4 is 0 Å². The summed E-state index contributed by atoms with van der Waals surface area (Å²) in [5.74, 6) is 0.527. The molecule has 1 atom stereocenters. The number of aromatic nitrogens is 2. The second kappa shape index (κ2) is 5.48. The Bertz CT molecular complexity index is 425. The summed E-state index contributed by atoms with van der Waals surface area (Å²) in [4.78, 5) is 8.41. The molecule has 17 heavy (non-hydrogen) atoms. The lowest BCUT2D eigenvalue weighted by Gasteiger charge is -2.26. The molecule has 7 heteroatoms. The van der Waals surface area contributed by atoms with Crippen LogP contribution in [0.1, 0.15) is 12.2 Å². The molecular weight excluding hydrogens is 280 g/mol. The second-order valence-corrected chi connectivity index (χ2v) is 5.35. The molecule has 0 aromatic carbocycles. The summed E-state index contributed by atoms with van der Waals surface area (Å²) in [5.41, 5.74) is -0.689. The van der Waals surface area contributed by atoms with E-state index in [0.717, 1.165) is 0 Å². The van der Waals surface area contributed by atoms with Gasteiger partial charge in [-0.05, 0) is 24.5 Å². The van der Waals surface area contributed by atoms with E-state index >= 15 is 0 Å². The van der Waals surface area contributed by atoms with Crippen molar-refractivity contribution in [3.8, 4) is 0 Å². The van der Waals surface area contributed by atoms with E-state index in [-0.39, 0.29) is 0 Å². The Balaban J connectivity index is 2.30. The van der Waals surface area contributed by atoms with Gasteiger partial charge >= 0.3 is 0 Å². The third-order valence-corrected chi connectivity index (χ3v) is 3.67. The molecule has 0 N–H and O–H groups in total. The quantitative estimate of drug-likeness (QED) is 0.616. The van der Waals surface area contributed by atoms with Gasteiger partial charge in [-0.25, -0.2) is 9.97 Å². The molecule has 1 aromatic rings. The number of hydrogen-bond donors (Lipinski definition) is 0. The minimum absolute atomic E-state index is 0.389. The molecule has 1 aliphatic rings. The van der Waals surface area contributed by atoms with E-state index in [1.165, 1.54) is 11.8 Å². The summed E-state index contributed by atoms with van der Waals surface area (Å²) in [6.07, 6.45) is 4.15. The molecule has 0 amide bonds. The number of ether oxygens (including phenoxy) is 2. The van der Waals surface area contributed by atoms with Crippen molar-refractivity contribution in [2.75, 3.05) is 19.5 Å². The zero-order chi connectivity index (χ0) is 12.3. The van der Waals surface area contributed by atoms with Crippen molar-refractivity contribution in [2.45, 2.75) is 12.0 Å². The maximum Gasteiger partial charge on any atom is 0.220 e. The fraction of sp³-hybridized carbons (Fsp3) is 0.500. The van der Waals surface area contributed by atoms with Crippen molar-refractivity contribution in [1.82, 2.24) is 9.97 Å². The lowest BCUT2D eigenvalue weighted by molar-refractivity contribution is 0.0357. The predicted molar refractivity (Wildman–Crippen MR) is 71.4 cm³/mol. The first-order valence-electron chi connectivity index (χ1n) is 5.00. The van der Waals surface area contributed by atoms with E-state index in [0.29, 0.717) is 35.0 Å². The first-order chi connectivity index (χ1) is 8.16. The van der Waals surface area contributed by atoms with Crippen LogP contribution in [0.4, 0.5) is 0 Å². The van der Waals surface area contributed by atoms with Gasteiger partial charge in [-0.15, -0.1) is 0 Å². The highest BCUT2D eigenvalue weighted by molar-refractivity contribution is 8.22. The Morgan fingerprint density at radius 3 is 3.12 bits per heavy atom. The monoisotopic (exact) mass is 290 g/mol. The zero-order valence-electron chi connectivity index (χ0n) is 9.18. The summed E-state index contributed by atoms with van der Waals surface area (Å²) in [6.45, 7) is 1.00. The Labute approximate surface area is 114 Å². The highest BCUT2D eigenvalue weighted by Crippen LogP contribution is 2.34. The molecule has 2 rings (SSSR count). The third-order valence-electron chi connectivity index (χ3n) is 2.46. The number of thioether (sulfide) groups is 1. The van der Waals surface area contributed by atoms with Crippen molar-refractivity contribution >= 4 is 40.0 Å². The van der Waals surface area contributed by atoms with Gasteiger partial charge in [0.2, 0.25) is 4.38 Å². The summed E-state index contributed by atoms with van der Waals surface area (Å²) in [5, 5.41) is 0.389. The Morgan fingerprint density at radius 2 is 2.53 bits per heavy atom. The Morgan fingerprint density at radius 1 is 1.71 bits per heavy atom. The van der Waals surface area contributed by atoms with Crippen LogP contribution in [0.5, 0.6) is 0 Å².